The molecule has 1 aromatic heterocycles. The summed E-state index contributed by atoms with van der Waals surface area (Å²) in [6, 6.07) is 4.15. The Morgan fingerprint density at radius 1 is 1.33 bits per heavy atom. The number of nitrogens with zero attached hydrogens (tertiary/aromatic N) is 2. The van der Waals surface area contributed by atoms with Crippen molar-refractivity contribution in [1.29, 1.82) is 0 Å². The molecule has 3 heteroatoms. The standard InChI is InChI=1S/C12H19N3/c1-12(10-13)4-8-15(9-5-12)11-2-6-14-7-3-11/h2-3,6-7H,4-5,8-10,13H2,1H3. The number of anilines is 1. The number of rotatable bonds is 2. The lowest BCUT2D eigenvalue weighted by Crippen LogP contribution is -2.42. The van der Waals surface area contributed by atoms with Gasteiger partial charge in [-0.15, -0.1) is 0 Å². The average molecular weight is 205 g/mol. The summed E-state index contributed by atoms with van der Waals surface area (Å²) >= 11 is 0. The van der Waals surface area contributed by atoms with E-state index in [9.17, 15) is 0 Å². The second kappa shape index (κ2) is 4.19. The molecule has 1 aliphatic heterocycles. The Morgan fingerprint density at radius 2 is 1.93 bits per heavy atom. The summed E-state index contributed by atoms with van der Waals surface area (Å²) in [4.78, 5) is 6.45. The summed E-state index contributed by atoms with van der Waals surface area (Å²) in [7, 11) is 0. The topological polar surface area (TPSA) is 42.1 Å². The fourth-order valence-electron chi connectivity index (χ4n) is 2.06. The van der Waals surface area contributed by atoms with Crippen LogP contribution in [0.15, 0.2) is 24.5 Å². The van der Waals surface area contributed by atoms with Crippen LogP contribution in [0.5, 0.6) is 0 Å². The lowest BCUT2D eigenvalue weighted by atomic mass is 9.80. The van der Waals surface area contributed by atoms with E-state index in [1.54, 1.807) is 0 Å². The van der Waals surface area contributed by atoms with Crippen LogP contribution in [0.4, 0.5) is 5.69 Å². The molecule has 0 bridgehead atoms. The maximum absolute atomic E-state index is 5.79. The van der Waals surface area contributed by atoms with Crippen molar-refractivity contribution in [2.24, 2.45) is 11.1 Å². The number of aromatic nitrogens is 1. The van der Waals surface area contributed by atoms with Gasteiger partial charge in [0, 0.05) is 31.2 Å². The van der Waals surface area contributed by atoms with Gasteiger partial charge < -0.3 is 10.6 Å². The largest absolute Gasteiger partial charge is 0.371 e. The molecule has 1 aromatic rings. The van der Waals surface area contributed by atoms with Crippen molar-refractivity contribution in [1.82, 2.24) is 4.98 Å². The first-order valence-electron chi connectivity index (χ1n) is 5.59. The molecule has 0 radical (unpaired) electrons. The molecule has 0 unspecified atom stereocenters. The first-order valence-corrected chi connectivity index (χ1v) is 5.59. The zero-order chi connectivity index (χ0) is 10.7. The summed E-state index contributed by atoms with van der Waals surface area (Å²) < 4.78 is 0. The molecule has 1 saturated heterocycles. The van der Waals surface area contributed by atoms with Gasteiger partial charge in [0.1, 0.15) is 0 Å². The molecular weight excluding hydrogens is 186 g/mol. The minimum Gasteiger partial charge on any atom is -0.371 e. The summed E-state index contributed by atoms with van der Waals surface area (Å²) in [5.41, 5.74) is 7.43. The highest BCUT2D eigenvalue weighted by Crippen LogP contribution is 2.31. The molecule has 0 aliphatic carbocycles. The molecule has 0 saturated carbocycles. The van der Waals surface area contributed by atoms with Gasteiger partial charge in [0.05, 0.1) is 0 Å². The molecule has 0 aromatic carbocycles. The van der Waals surface area contributed by atoms with Gasteiger partial charge in [0.25, 0.3) is 0 Å². The maximum atomic E-state index is 5.79. The molecule has 0 atom stereocenters. The van der Waals surface area contributed by atoms with Gasteiger partial charge in [-0.2, -0.15) is 0 Å². The van der Waals surface area contributed by atoms with E-state index in [1.807, 2.05) is 12.4 Å². The van der Waals surface area contributed by atoms with Crippen LogP contribution in [0.25, 0.3) is 0 Å². The Kier molecular flexibility index (Phi) is 2.91. The van der Waals surface area contributed by atoms with E-state index in [0.29, 0.717) is 5.41 Å². The molecule has 1 aliphatic rings. The molecule has 0 amide bonds. The van der Waals surface area contributed by atoms with Crippen LogP contribution < -0.4 is 10.6 Å². The van der Waals surface area contributed by atoms with E-state index in [2.05, 4.69) is 28.9 Å². The Morgan fingerprint density at radius 3 is 2.47 bits per heavy atom. The smallest absolute Gasteiger partial charge is 0.0397 e. The Labute approximate surface area is 91.3 Å². The molecule has 15 heavy (non-hydrogen) atoms. The SMILES string of the molecule is CC1(CN)CCN(c2ccncc2)CC1. The fraction of sp³-hybridized carbons (Fsp3) is 0.583. The van der Waals surface area contributed by atoms with Crippen LogP contribution in [0, 0.1) is 5.41 Å². The van der Waals surface area contributed by atoms with Crippen LogP contribution >= 0.6 is 0 Å². The van der Waals surface area contributed by atoms with Gasteiger partial charge in [-0.1, -0.05) is 6.92 Å². The van der Waals surface area contributed by atoms with Crippen LogP contribution in [-0.2, 0) is 0 Å². The Balaban J connectivity index is 2.00. The lowest BCUT2D eigenvalue weighted by molar-refractivity contribution is 0.258. The molecular formula is C12H19N3. The third kappa shape index (κ3) is 2.29. The Hall–Kier alpha value is -1.09. The number of hydrogen-bond donors (Lipinski definition) is 1. The van der Waals surface area contributed by atoms with Crippen LogP contribution in [0.1, 0.15) is 19.8 Å². The normalized spacial score (nSPS) is 20.3. The highest BCUT2D eigenvalue weighted by Gasteiger charge is 2.28. The van der Waals surface area contributed by atoms with Crippen LogP contribution in [0.3, 0.4) is 0 Å². The van der Waals surface area contributed by atoms with Gasteiger partial charge in [-0.3, -0.25) is 4.98 Å². The monoisotopic (exact) mass is 205 g/mol. The number of hydrogen-bond acceptors (Lipinski definition) is 3. The first-order chi connectivity index (χ1) is 7.23. The van der Waals surface area contributed by atoms with E-state index in [-0.39, 0.29) is 0 Å². The minimum absolute atomic E-state index is 0.351. The van der Waals surface area contributed by atoms with E-state index in [0.717, 1.165) is 19.6 Å². The minimum atomic E-state index is 0.351. The highest BCUT2D eigenvalue weighted by atomic mass is 15.1. The molecule has 2 heterocycles. The Bertz CT molecular complexity index is 302. The third-order valence-electron chi connectivity index (χ3n) is 3.49. The van der Waals surface area contributed by atoms with Gasteiger partial charge in [-0.25, -0.2) is 0 Å². The van der Waals surface area contributed by atoms with Crippen molar-refractivity contribution >= 4 is 5.69 Å². The van der Waals surface area contributed by atoms with Crippen molar-refractivity contribution in [2.45, 2.75) is 19.8 Å². The van der Waals surface area contributed by atoms with Gasteiger partial charge in [0.2, 0.25) is 0 Å². The van der Waals surface area contributed by atoms with Gasteiger partial charge in [-0.05, 0) is 36.9 Å². The predicted octanol–water partition coefficient (Wildman–Crippen LogP) is 1.65. The van der Waals surface area contributed by atoms with Crippen molar-refractivity contribution < 1.29 is 0 Å². The molecule has 82 valence electrons. The van der Waals surface area contributed by atoms with E-state index in [4.69, 9.17) is 5.73 Å². The molecule has 2 N–H and O–H groups in total. The molecule has 2 rings (SSSR count). The zero-order valence-corrected chi connectivity index (χ0v) is 9.32. The number of pyridine rings is 1. The van der Waals surface area contributed by atoms with Gasteiger partial charge >= 0.3 is 0 Å². The highest BCUT2D eigenvalue weighted by molar-refractivity contribution is 5.44. The molecule has 0 spiro atoms. The van der Waals surface area contributed by atoms with E-state index < -0.39 is 0 Å². The van der Waals surface area contributed by atoms with Crippen molar-refractivity contribution in [3.8, 4) is 0 Å². The maximum Gasteiger partial charge on any atom is 0.0397 e. The van der Waals surface area contributed by atoms with E-state index >= 15 is 0 Å². The quantitative estimate of drug-likeness (QED) is 0.798. The van der Waals surface area contributed by atoms with Crippen molar-refractivity contribution in [3.63, 3.8) is 0 Å². The zero-order valence-electron chi connectivity index (χ0n) is 9.32. The van der Waals surface area contributed by atoms with E-state index in [1.165, 1.54) is 18.5 Å². The fourth-order valence-corrected chi connectivity index (χ4v) is 2.06. The van der Waals surface area contributed by atoms with Crippen LogP contribution in [-0.4, -0.2) is 24.6 Å². The third-order valence-corrected chi connectivity index (χ3v) is 3.49. The number of piperidine rings is 1. The number of nitrogens with two attached hydrogens (primary N) is 1. The average Bonchev–Trinajstić information content (AvgIpc) is 2.31. The predicted molar refractivity (Wildman–Crippen MR) is 62.8 cm³/mol. The molecule has 3 nitrogen and oxygen atoms in total. The summed E-state index contributed by atoms with van der Waals surface area (Å²) in [6.45, 7) is 5.31. The second-order valence-corrected chi connectivity index (χ2v) is 4.71. The summed E-state index contributed by atoms with van der Waals surface area (Å²) in [5, 5.41) is 0. The van der Waals surface area contributed by atoms with Gasteiger partial charge in [0.15, 0.2) is 0 Å². The second-order valence-electron chi connectivity index (χ2n) is 4.71. The van der Waals surface area contributed by atoms with Crippen molar-refractivity contribution in [2.75, 3.05) is 24.5 Å². The van der Waals surface area contributed by atoms with Crippen LogP contribution in [0.2, 0.25) is 0 Å². The lowest BCUT2D eigenvalue weighted by Gasteiger charge is -2.39. The first kappa shape index (κ1) is 10.4. The van der Waals surface area contributed by atoms with Crippen molar-refractivity contribution in [3.05, 3.63) is 24.5 Å². The molecule has 1 fully saturated rings. The summed E-state index contributed by atoms with van der Waals surface area (Å²) in [6.07, 6.45) is 6.08. The summed E-state index contributed by atoms with van der Waals surface area (Å²) in [5.74, 6) is 0.